The molecule has 0 aromatic heterocycles. The number of hydrogen-bond acceptors (Lipinski definition) is 5. The van der Waals surface area contributed by atoms with Gasteiger partial charge in [0.05, 0.1) is 12.7 Å². The third-order valence-electron chi connectivity index (χ3n) is 3.42. The summed E-state index contributed by atoms with van der Waals surface area (Å²) in [6, 6.07) is 5.95. The molecule has 1 aromatic carbocycles. The molecule has 5 nitrogen and oxygen atoms in total. The van der Waals surface area contributed by atoms with Gasteiger partial charge in [0.15, 0.2) is 11.5 Å². The summed E-state index contributed by atoms with van der Waals surface area (Å²) >= 11 is 0. The monoisotopic (exact) mass is 264 g/mol. The second kappa shape index (κ2) is 5.67. The summed E-state index contributed by atoms with van der Waals surface area (Å²) < 4.78 is 16.8. The quantitative estimate of drug-likeness (QED) is 0.888. The number of morpholine rings is 1. The molecule has 0 bridgehead atoms. The maximum Gasteiger partial charge on any atom is 0.163 e. The van der Waals surface area contributed by atoms with E-state index >= 15 is 0 Å². The van der Waals surface area contributed by atoms with Gasteiger partial charge in [0.25, 0.3) is 0 Å². The molecule has 1 atom stereocenters. The maximum absolute atomic E-state index is 5.72. The summed E-state index contributed by atoms with van der Waals surface area (Å²) in [5.41, 5.74) is 1.04. The van der Waals surface area contributed by atoms with Crippen LogP contribution in [0.5, 0.6) is 11.5 Å². The Kier molecular flexibility index (Phi) is 3.75. The molecule has 1 saturated heterocycles. The highest BCUT2D eigenvalue weighted by atomic mass is 16.6. The maximum atomic E-state index is 5.72. The largest absolute Gasteiger partial charge is 0.486 e. The van der Waals surface area contributed by atoms with Gasteiger partial charge in [-0.3, -0.25) is 0 Å². The van der Waals surface area contributed by atoms with Gasteiger partial charge in [0.1, 0.15) is 13.2 Å². The second-order valence-electron chi connectivity index (χ2n) is 4.99. The highest BCUT2D eigenvalue weighted by Crippen LogP contribution is 2.32. The van der Waals surface area contributed by atoms with E-state index in [0.717, 1.165) is 43.4 Å². The molecule has 3 rings (SSSR count). The van der Waals surface area contributed by atoms with Crippen molar-refractivity contribution in [2.24, 2.45) is 0 Å². The minimum Gasteiger partial charge on any atom is -0.486 e. The molecule has 1 aromatic rings. The summed E-state index contributed by atoms with van der Waals surface area (Å²) in [5.74, 6) is 1.64. The van der Waals surface area contributed by atoms with Crippen LogP contribution in [-0.4, -0.2) is 57.5 Å². The fourth-order valence-electron chi connectivity index (χ4n) is 2.38. The Bertz CT molecular complexity index is 439. The number of likely N-dealkylation sites (N-methyl/N-ethyl adjacent to an activating group) is 1. The summed E-state index contributed by atoms with van der Waals surface area (Å²) in [4.78, 5) is 2.29. The summed E-state index contributed by atoms with van der Waals surface area (Å²) in [7, 11) is 2.12. The van der Waals surface area contributed by atoms with E-state index in [1.165, 1.54) is 0 Å². The second-order valence-corrected chi connectivity index (χ2v) is 4.99. The molecule has 1 unspecified atom stereocenters. The lowest BCUT2D eigenvalue weighted by molar-refractivity contribution is -0.0117. The van der Waals surface area contributed by atoms with Gasteiger partial charge in [-0.05, 0) is 19.2 Å². The van der Waals surface area contributed by atoms with Crippen molar-refractivity contribution in [2.75, 3.05) is 51.8 Å². The van der Waals surface area contributed by atoms with Crippen LogP contribution in [0.4, 0.5) is 5.69 Å². The van der Waals surface area contributed by atoms with Crippen LogP contribution >= 0.6 is 0 Å². The number of rotatable bonds is 3. The summed E-state index contributed by atoms with van der Waals surface area (Å²) in [6.07, 6.45) is 0.243. The lowest BCUT2D eigenvalue weighted by Gasteiger charge is -2.30. The molecule has 1 N–H and O–H groups in total. The first kappa shape index (κ1) is 12.6. The van der Waals surface area contributed by atoms with Gasteiger partial charge in [-0.2, -0.15) is 0 Å². The number of anilines is 1. The average Bonchev–Trinajstić information content (AvgIpc) is 2.45. The summed E-state index contributed by atoms with van der Waals surface area (Å²) in [5, 5.41) is 3.40. The molecule has 19 heavy (non-hydrogen) atoms. The average molecular weight is 264 g/mol. The molecule has 2 aliphatic rings. The lowest BCUT2D eigenvalue weighted by atomic mass is 10.2. The van der Waals surface area contributed by atoms with E-state index in [0.29, 0.717) is 13.2 Å². The van der Waals surface area contributed by atoms with Crippen LogP contribution < -0.4 is 14.8 Å². The highest BCUT2D eigenvalue weighted by molar-refractivity contribution is 5.55. The predicted molar refractivity (Wildman–Crippen MR) is 73.2 cm³/mol. The van der Waals surface area contributed by atoms with Crippen molar-refractivity contribution in [3.05, 3.63) is 18.2 Å². The minimum absolute atomic E-state index is 0.243. The smallest absolute Gasteiger partial charge is 0.163 e. The van der Waals surface area contributed by atoms with Crippen molar-refractivity contribution in [3.63, 3.8) is 0 Å². The molecular weight excluding hydrogens is 244 g/mol. The van der Waals surface area contributed by atoms with Crippen LogP contribution in [-0.2, 0) is 4.74 Å². The van der Waals surface area contributed by atoms with Gasteiger partial charge in [-0.25, -0.2) is 0 Å². The van der Waals surface area contributed by atoms with Gasteiger partial charge in [-0.1, -0.05) is 0 Å². The van der Waals surface area contributed by atoms with Gasteiger partial charge in [0.2, 0.25) is 0 Å². The van der Waals surface area contributed by atoms with Crippen LogP contribution in [0.2, 0.25) is 0 Å². The molecule has 0 radical (unpaired) electrons. The minimum atomic E-state index is 0.243. The molecule has 0 amide bonds. The molecule has 104 valence electrons. The van der Waals surface area contributed by atoms with E-state index in [2.05, 4.69) is 17.3 Å². The molecule has 1 fully saturated rings. The topological polar surface area (TPSA) is 43.0 Å². The number of benzene rings is 1. The Morgan fingerprint density at radius 2 is 2.05 bits per heavy atom. The third kappa shape index (κ3) is 3.11. The molecular formula is C14H20N2O3. The Morgan fingerprint density at radius 1 is 1.21 bits per heavy atom. The van der Waals surface area contributed by atoms with Crippen molar-refractivity contribution in [1.82, 2.24) is 4.90 Å². The SMILES string of the molecule is CN1CCOC(CNc2ccc3c(c2)OCCO3)C1. The first-order valence-electron chi connectivity index (χ1n) is 6.75. The zero-order valence-electron chi connectivity index (χ0n) is 11.2. The van der Waals surface area contributed by atoms with Crippen LogP contribution in [0.25, 0.3) is 0 Å². The molecule has 0 aliphatic carbocycles. The number of nitrogens with one attached hydrogen (secondary N) is 1. The molecule has 0 saturated carbocycles. The van der Waals surface area contributed by atoms with E-state index in [-0.39, 0.29) is 6.10 Å². The van der Waals surface area contributed by atoms with Crippen LogP contribution in [0, 0.1) is 0 Å². The van der Waals surface area contributed by atoms with Crippen LogP contribution in [0.15, 0.2) is 18.2 Å². The summed E-state index contributed by atoms with van der Waals surface area (Å²) in [6.45, 7) is 4.85. The Morgan fingerprint density at radius 3 is 2.89 bits per heavy atom. The van der Waals surface area contributed by atoms with Gasteiger partial charge in [-0.15, -0.1) is 0 Å². The van der Waals surface area contributed by atoms with Crippen LogP contribution in [0.1, 0.15) is 0 Å². The van der Waals surface area contributed by atoms with E-state index in [4.69, 9.17) is 14.2 Å². The van der Waals surface area contributed by atoms with E-state index < -0.39 is 0 Å². The first-order valence-corrected chi connectivity index (χ1v) is 6.75. The number of hydrogen-bond donors (Lipinski definition) is 1. The molecule has 5 heteroatoms. The van der Waals surface area contributed by atoms with Crippen molar-refractivity contribution < 1.29 is 14.2 Å². The van der Waals surface area contributed by atoms with E-state index in [9.17, 15) is 0 Å². The Hall–Kier alpha value is -1.46. The first-order chi connectivity index (χ1) is 9.31. The van der Waals surface area contributed by atoms with Gasteiger partial charge >= 0.3 is 0 Å². The third-order valence-corrected chi connectivity index (χ3v) is 3.42. The normalized spacial score (nSPS) is 23.1. The fraction of sp³-hybridized carbons (Fsp3) is 0.571. The zero-order chi connectivity index (χ0) is 13.1. The van der Waals surface area contributed by atoms with Crippen molar-refractivity contribution in [1.29, 1.82) is 0 Å². The number of fused-ring (bicyclic) bond motifs is 1. The van der Waals surface area contributed by atoms with Crippen molar-refractivity contribution >= 4 is 5.69 Å². The fourth-order valence-corrected chi connectivity index (χ4v) is 2.38. The van der Waals surface area contributed by atoms with Gasteiger partial charge in [0, 0.05) is 31.4 Å². The Labute approximate surface area is 113 Å². The Balaban J connectivity index is 1.57. The number of ether oxygens (including phenoxy) is 3. The van der Waals surface area contributed by atoms with E-state index in [1.54, 1.807) is 0 Å². The van der Waals surface area contributed by atoms with Gasteiger partial charge < -0.3 is 24.4 Å². The number of nitrogens with zero attached hydrogens (tertiary/aromatic N) is 1. The van der Waals surface area contributed by atoms with Crippen molar-refractivity contribution in [3.8, 4) is 11.5 Å². The van der Waals surface area contributed by atoms with Crippen molar-refractivity contribution in [2.45, 2.75) is 6.10 Å². The van der Waals surface area contributed by atoms with Crippen LogP contribution in [0.3, 0.4) is 0 Å². The molecule has 0 spiro atoms. The zero-order valence-corrected chi connectivity index (χ0v) is 11.2. The lowest BCUT2D eigenvalue weighted by Crippen LogP contribution is -2.43. The standard InChI is InChI=1S/C14H20N2O3/c1-16-4-5-17-12(10-16)9-15-11-2-3-13-14(8-11)19-7-6-18-13/h2-3,8,12,15H,4-7,9-10H2,1H3. The molecule has 2 heterocycles. The highest BCUT2D eigenvalue weighted by Gasteiger charge is 2.17. The predicted octanol–water partition coefficient (Wildman–Crippen LogP) is 1.20. The van der Waals surface area contributed by atoms with E-state index in [1.807, 2.05) is 18.2 Å². The molecule has 2 aliphatic heterocycles.